The number of nitrogens with two attached hydrogens (primary N) is 1. The maximum Gasteiger partial charge on any atom is 0.145 e. The van der Waals surface area contributed by atoms with Gasteiger partial charge in [0.15, 0.2) is 0 Å². The first-order valence-corrected chi connectivity index (χ1v) is 5.38. The Morgan fingerprint density at radius 1 is 1.40 bits per heavy atom. The van der Waals surface area contributed by atoms with E-state index in [1.807, 2.05) is 19.9 Å². The summed E-state index contributed by atoms with van der Waals surface area (Å²) in [6, 6.07) is 0. The van der Waals surface area contributed by atoms with Gasteiger partial charge in [-0.3, -0.25) is 0 Å². The third-order valence-electron chi connectivity index (χ3n) is 2.60. The van der Waals surface area contributed by atoms with Crippen LogP contribution in [0.25, 0.3) is 0 Å². The van der Waals surface area contributed by atoms with Crippen LogP contribution in [0.2, 0.25) is 0 Å². The predicted octanol–water partition coefficient (Wildman–Crippen LogP) is 2.75. The second-order valence-electron chi connectivity index (χ2n) is 3.68. The molecule has 0 saturated carbocycles. The molecule has 3 N–H and O–H groups in total. The third-order valence-corrected chi connectivity index (χ3v) is 2.60. The first kappa shape index (κ1) is 12.0. The highest BCUT2D eigenvalue weighted by Crippen LogP contribution is 2.30. The molecule has 1 heterocycles. The Morgan fingerprint density at radius 3 is 2.53 bits per heavy atom. The van der Waals surface area contributed by atoms with Gasteiger partial charge in [0.2, 0.25) is 0 Å². The van der Waals surface area contributed by atoms with Gasteiger partial charge in [0.25, 0.3) is 0 Å². The lowest BCUT2D eigenvalue weighted by molar-refractivity contribution is 0.598. The van der Waals surface area contributed by atoms with Crippen molar-refractivity contribution in [2.24, 2.45) is 5.73 Å². The van der Waals surface area contributed by atoms with E-state index in [9.17, 15) is 4.39 Å². The Labute approximate surface area is 90.7 Å². The minimum absolute atomic E-state index is 0.136. The molecule has 84 valence electrons. The van der Waals surface area contributed by atoms with Crippen molar-refractivity contribution in [3.63, 3.8) is 0 Å². The molecular formula is C12H19FN2. The molecule has 1 rings (SSSR count). The molecule has 15 heavy (non-hydrogen) atoms. The highest BCUT2D eigenvalue weighted by Gasteiger charge is 2.20. The van der Waals surface area contributed by atoms with Gasteiger partial charge in [-0.2, -0.15) is 0 Å². The Bertz CT molecular complexity index is 338. The lowest BCUT2D eigenvalue weighted by Gasteiger charge is -2.24. The average molecular weight is 210 g/mol. The van der Waals surface area contributed by atoms with Crippen molar-refractivity contribution in [2.45, 2.75) is 33.6 Å². The van der Waals surface area contributed by atoms with Gasteiger partial charge in [-0.05, 0) is 31.4 Å². The monoisotopic (exact) mass is 210 g/mol. The lowest BCUT2D eigenvalue weighted by Crippen LogP contribution is -2.24. The summed E-state index contributed by atoms with van der Waals surface area (Å²) in [4.78, 5) is 0. The molecule has 0 aromatic carbocycles. The molecule has 0 aliphatic carbocycles. The van der Waals surface area contributed by atoms with Crippen molar-refractivity contribution in [1.29, 1.82) is 0 Å². The minimum Gasteiger partial charge on any atom is -0.357 e. The van der Waals surface area contributed by atoms with Crippen LogP contribution in [-0.2, 0) is 0 Å². The Hall–Kier alpha value is -1.09. The van der Waals surface area contributed by atoms with Crippen LogP contribution in [0.1, 0.15) is 33.6 Å². The standard InChI is InChI=1S/C12H19FN2/c1-4-6-9-10(7-14)11(5-2)15-8(3)12(9)13/h5,15H,4,6-7,14H2,1-3H3/b11-5+. The molecule has 0 amide bonds. The van der Waals surface area contributed by atoms with Gasteiger partial charge >= 0.3 is 0 Å². The van der Waals surface area contributed by atoms with Gasteiger partial charge in [-0.15, -0.1) is 0 Å². The predicted molar refractivity (Wildman–Crippen MR) is 61.7 cm³/mol. The topological polar surface area (TPSA) is 38.0 Å². The first-order chi connectivity index (χ1) is 7.15. The van der Waals surface area contributed by atoms with Gasteiger partial charge in [0, 0.05) is 17.9 Å². The van der Waals surface area contributed by atoms with Gasteiger partial charge in [0.05, 0.1) is 0 Å². The van der Waals surface area contributed by atoms with Gasteiger partial charge in [0.1, 0.15) is 5.83 Å². The molecule has 0 atom stereocenters. The zero-order chi connectivity index (χ0) is 11.4. The second-order valence-corrected chi connectivity index (χ2v) is 3.68. The largest absolute Gasteiger partial charge is 0.357 e. The molecule has 0 fully saturated rings. The molecule has 1 aliphatic rings. The average Bonchev–Trinajstić information content (AvgIpc) is 2.24. The van der Waals surface area contributed by atoms with E-state index in [2.05, 4.69) is 5.32 Å². The summed E-state index contributed by atoms with van der Waals surface area (Å²) in [7, 11) is 0. The Morgan fingerprint density at radius 2 is 2.07 bits per heavy atom. The van der Waals surface area contributed by atoms with E-state index in [0.717, 1.165) is 29.7 Å². The van der Waals surface area contributed by atoms with Gasteiger partial charge in [-0.1, -0.05) is 19.4 Å². The highest BCUT2D eigenvalue weighted by molar-refractivity contribution is 5.49. The van der Waals surface area contributed by atoms with E-state index in [0.29, 0.717) is 12.2 Å². The van der Waals surface area contributed by atoms with E-state index >= 15 is 0 Å². The van der Waals surface area contributed by atoms with E-state index in [1.165, 1.54) is 0 Å². The van der Waals surface area contributed by atoms with E-state index in [4.69, 9.17) is 5.73 Å². The summed E-state index contributed by atoms with van der Waals surface area (Å²) >= 11 is 0. The maximum absolute atomic E-state index is 13.9. The summed E-state index contributed by atoms with van der Waals surface area (Å²) in [5, 5.41) is 3.03. The van der Waals surface area contributed by atoms with Crippen molar-refractivity contribution >= 4 is 0 Å². The molecule has 0 radical (unpaired) electrons. The number of allylic oxidation sites excluding steroid dienone is 4. The van der Waals surface area contributed by atoms with Gasteiger partial charge in [-0.25, -0.2) is 4.39 Å². The maximum atomic E-state index is 13.9. The van der Waals surface area contributed by atoms with Crippen LogP contribution in [0, 0.1) is 0 Å². The molecule has 0 saturated heterocycles. The van der Waals surface area contributed by atoms with Crippen molar-refractivity contribution in [1.82, 2.24) is 5.32 Å². The summed E-state index contributed by atoms with van der Waals surface area (Å²) in [5.74, 6) is -0.136. The SMILES string of the molecule is C/C=C1/NC(C)=C(F)C(CCC)=C1CN. The number of nitrogens with one attached hydrogen (secondary N) is 1. The number of halogens is 1. The van der Waals surface area contributed by atoms with Crippen LogP contribution >= 0.6 is 0 Å². The molecule has 3 heteroatoms. The smallest absolute Gasteiger partial charge is 0.145 e. The summed E-state index contributed by atoms with van der Waals surface area (Å²) < 4.78 is 13.9. The van der Waals surface area contributed by atoms with E-state index < -0.39 is 0 Å². The molecule has 0 spiro atoms. The van der Waals surface area contributed by atoms with E-state index in [1.54, 1.807) is 6.92 Å². The molecule has 0 bridgehead atoms. The molecule has 0 aromatic heterocycles. The molecule has 1 aliphatic heterocycles. The summed E-state index contributed by atoms with van der Waals surface area (Å²) in [5.41, 5.74) is 8.87. The highest BCUT2D eigenvalue weighted by atomic mass is 19.1. The quantitative estimate of drug-likeness (QED) is 0.751. The van der Waals surface area contributed by atoms with Crippen LogP contribution in [0.4, 0.5) is 4.39 Å². The first-order valence-electron chi connectivity index (χ1n) is 5.38. The fourth-order valence-corrected chi connectivity index (χ4v) is 1.84. The molecular weight excluding hydrogens is 191 g/mol. The van der Waals surface area contributed by atoms with Crippen molar-refractivity contribution in [2.75, 3.05) is 6.54 Å². The third kappa shape index (κ3) is 2.29. The number of hydrogen-bond donors (Lipinski definition) is 2. The van der Waals surface area contributed by atoms with E-state index in [-0.39, 0.29) is 5.83 Å². The molecule has 0 aromatic rings. The Balaban J connectivity index is 3.22. The summed E-state index contributed by atoms with van der Waals surface area (Å²) in [6.07, 6.45) is 3.61. The van der Waals surface area contributed by atoms with Gasteiger partial charge < -0.3 is 11.1 Å². The fraction of sp³-hybridized carbons (Fsp3) is 0.500. The lowest BCUT2D eigenvalue weighted by atomic mass is 9.95. The summed E-state index contributed by atoms with van der Waals surface area (Å²) in [6.45, 7) is 6.10. The Kier molecular flexibility index (Phi) is 4.09. The zero-order valence-electron chi connectivity index (χ0n) is 9.65. The normalized spacial score (nSPS) is 19.9. The van der Waals surface area contributed by atoms with Crippen LogP contribution in [0.15, 0.2) is 34.4 Å². The molecule has 0 unspecified atom stereocenters. The van der Waals surface area contributed by atoms with Crippen LogP contribution in [0.3, 0.4) is 0 Å². The fourth-order valence-electron chi connectivity index (χ4n) is 1.84. The van der Waals surface area contributed by atoms with Crippen LogP contribution < -0.4 is 11.1 Å². The number of dihydropyridines is 1. The van der Waals surface area contributed by atoms with Crippen LogP contribution in [-0.4, -0.2) is 6.54 Å². The van der Waals surface area contributed by atoms with Crippen molar-refractivity contribution < 1.29 is 4.39 Å². The molecule has 2 nitrogen and oxygen atoms in total. The second kappa shape index (κ2) is 5.12. The minimum atomic E-state index is -0.136. The zero-order valence-corrected chi connectivity index (χ0v) is 9.65. The number of rotatable bonds is 3. The van der Waals surface area contributed by atoms with Crippen molar-refractivity contribution in [3.8, 4) is 0 Å². The van der Waals surface area contributed by atoms with Crippen molar-refractivity contribution in [3.05, 3.63) is 34.4 Å². The number of hydrogen-bond acceptors (Lipinski definition) is 2. The van der Waals surface area contributed by atoms with Crippen LogP contribution in [0.5, 0.6) is 0 Å².